The topological polar surface area (TPSA) is 35.2 Å². The quantitative estimate of drug-likeness (QED) is 0.872. The van der Waals surface area contributed by atoms with E-state index in [1.807, 2.05) is 25.1 Å². The third-order valence-corrected chi connectivity index (χ3v) is 3.52. The highest BCUT2D eigenvalue weighted by Crippen LogP contribution is 2.30. The van der Waals surface area contributed by atoms with Crippen molar-refractivity contribution in [1.29, 1.82) is 0 Å². The van der Waals surface area contributed by atoms with Gasteiger partial charge in [-0.1, -0.05) is 12.1 Å². The van der Waals surface area contributed by atoms with E-state index in [0.29, 0.717) is 17.7 Å². The highest BCUT2D eigenvalue weighted by Gasteiger charge is 2.11. The van der Waals surface area contributed by atoms with Crippen LogP contribution in [-0.2, 0) is 13.0 Å². The van der Waals surface area contributed by atoms with Crippen molar-refractivity contribution in [1.82, 2.24) is 0 Å². The zero-order valence-electron chi connectivity index (χ0n) is 11.6. The second-order valence-electron chi connectivity index (χ2n) is 4.98. The molecule has 0 aliphatic rings. The van der Waals surface area contributed by atoms with Crippen molar-refractivity contribution < 1.29 is 13.5 Å². The molecule has 0 spiro atoms. The molecule has 2 rings (SSSR count). The van der Waals surface area contributed by atoms with E-state index in [-0.39, 0.29) is 12.6 Å². The van der Waals surface area contributed by atoms with E-state index in [1.54, 1.807) is 0 Å². The Hall–Kier alpha value is -1.46. The van der Waals surface area contributed by atoms with Gasteiger partial charge in [0, 0.05) is 12.1 Å². The molecule has 0 saturated heterocycles. The summed E-state index contributed by atoms with van der Waals surface area (Å²) in [5.41, 5.74) is 7.22. The van der Waals surface area contributed by atoms with Crippen LogP contribution < -0.4 is 10.5 Å². The molecule has 1 unspecified atom stereocenters. The molecule has 0 bridgehead atoms. The minimum atomic E-state index is -0.614. The molecule has 0 saturated carbocycles. The molecule has 0 aromatic heterocycles. The highest BCUT2D eigenvalue weighted by molar-refractivity contribution is 9.10. The second kappa shape index (κ2) is 7.00. The van der Waals surface area contributed by atoms with Crippen LogP contribution in [0.2, 0.25) is 0 Å². The van der Waals surface area contributed by atoms with Crippen LogP contribution in [0.25, 0.3) is 0 Å². The molecule has 5 heteroatoms. The fraction of sp³-hybridized carbons (Fsp3) is 0.250. The Balaban J connectivity index is 2.19. The van der Waals surface area contributed by atoms with Crippen LogP contribution in [0.1, 0.15) is 18.1 Å². The van der Waals surface area contributed by atoms with E-state index >= 15 is 0 Å². The van der Waals surface area contributed by atoms with Gasteiger partial charge in [-0.3, -0.25) is 0 Å². The van der Waals surface area contributed by atoms with Gasteiger partial charge in [0.1, 0.15) is 24.0 Å². The predicted octanol–water partition coefficient (Wildman–Crippen LogP) is 4.20. The average molecular weight is 356 g/mol. The smallest absolute Gasteiger partial charge is 0.137 e. The Labute approximate surface area is 131 Å². The largest absolute Gasteiger partial charge is 0.487 e. The summed E-state index contributed by atoms with van der Waals surface area (Å²) in [5, 5.41) is 0. The number of benzene rings is 2. The van der Waals surface area contributed by atoms with Crippen LogP contribution in [0.4, 0.5) is 8.78 Å². The van der Waals surface area contributed by atoms with Crippen LogP contribution in [0.5, 0.6) is 5.75 Å². The van der Waals surface area contributed by atoms with Gasteiger partial charge in [0.25, 0.3) is 0 Å². The molecule has 2 aromatic rings. The summed E-state index contributed by atoms with van der Waals surface area (Å²) < 4.78 is 32.8. The van der Waals surface area contributed by atoms with Crippen molar-refractivity contribution in [3.8, 4) is 5.75 Å². The first-order valence-electron chi connectivity index (χ1n) is 6.56. The lowest BCUT2D eigenvalue weighted by Crippen LogP contribution is -2.18. The van der Waals surface area contributed by atoms with Gasteiger partial charge in [-0.05, 0) is 58.6 Å². The molecule has 0 amide bonds. The lowest BCUT2D eigenvalue weighted by molar-refractivity contribution is 0.299. The maximum absolute atomic E-state index is 13.2. The van der Waals surface area contributed by atoms with Crippen molar-refractivity contribution in [3.63, 3.8) is 0 Å². The standard InChI is InChI=1S/C16H16BrF2NO/c1-10(20)5-12-3-2-4-15(17)16(12)21-9-11-6-13(18)8-14(19)7-11/h2-4,6-8,10H,5,9,20H2,1H3. The fourth-order valence-electron chi connectivity index (χ4n) is 2.07. The molecule has 2 aromatic carbocycles. The van der Waals surface area contributed by atoms with Crippen molar-refractivity contribution in [3.05, 3.63) is 63.6 Å². The summed E-state index contributed by atoms with van der Waals surface area (Å²) in [6.45, 7) is 2.00. The molecule has 2 N–H and O–H groups in total. The Morgan fingerprint density at radius 3 is 2.48 bits per heavy atom. The van der Waals surface area contributed by atoms with Gasteiger partial charge < -0.3 is 10.5 Å². The highest BCUT2D eigenvalue weighted by atomic mass is 79.9. The van der Waals surface area contributed by atoms with Gasteiger partial charge in [-0.15, -0.1) is 0 Å². The summed E-state index contributed by atoms with van der Waals surface area (Å²) in [7, 11) is 0. The number of nitrogens with two attached hydrogens (primary N) is 1. The second-order valence-corrected chi connectivity index (χ2v) is 5.83. The van der Waals surface area contributed by atoms with Crippen LogP contribution >= 0.6 is 15.9 Å². The SMILES string of the molecule is CC(N)Cc1cccc(Br)c1OCc1cc(F)cc(F)c1. The first-order valence-corrected chi connectivity index (χ1v) is 7.35. The monoisotopic (exact) mass is 355 g/mol. The molecular formula is C16H16BrF2NO. The first kappa shape index (κ1) is 15.9. The molecule has 0 aliphatic heterocycles. The predicted molar refractivity (Wildman–Crippen MR) is 82.2 cm³/mol. The van der Waals surface area contributed by atoms with Crippen molar-refractivity contribution in [2.45, 2.75) is 26.0 Å². The maximum Gasteiger partial charge on any atom is 0.137 e. The van der Waals surface area contributed by atoms with Gasteiger partial charge in [0.2, 0.25) is 0 Å². The van der Waals surface area contributed by atoms with Crippen molar-refractivity contribution in [2.24, 2.45) is 5.73 Å². The van der Waals surface area contributed by atoms with Crippen molar-refractivity contribution in [2.75, 3.05) is 0 Å². The molecule has 0 heterocycles. The van der Waals surface area contributed by atoms with Gasteiger partial charge >= 0.3 is 0 Å². The van der Waals surface area contributed by atoms with Crippen LogP contribution in [0.3, 0.4) is 0 Å². The maximum atomic E-state index is 13.2. The lowest BCUT2D eigenvalue weighted by atomic mass is 10.1. The number of ether oxygens (including phenoxy) is 1. The molecule has 0 fully saturated rings. The molecule has 0 aliphatic carbocycles. The van der Waals surface area contributed by atoms with E-state index in [9.17, 15) is 8.78 Å². The van der Waals surface area contributed by atoms with Crippen LogP contribution in [-0.4, -0.2) is 6.04 Å². The molecule has 2 nitrogen and oxygen atoms in total. The van der Waals surface area contributed by atoms with Gasteiger partial charge in [-0.2, -0.15) is 0 Å². The summed E-state index contributed by atoms with van der Waals surface area (Å²) >= 11 is 3.43. The van der Waals surface area contributed by atoms with E-state index < -0.39 is 11.6 Å². The fourth-order valence-corrected chi connectivity index (χ4v) is 2.59. The Morgan fingerprint density at radius 2 is 1.86 bits per heavy atom. The summed E-state index contributed by atoms with van der Waals surface area (Å²) in [6, 6.07) is 9.02. The number of hydrogen-bond acceptors (Lipinski definition) is 2. The van der Waals surface area contributed by atoms with E-state index in [2.05, 4.69) is 15.9 Å². The molecule has 0 radical (unpaired) electrons. The third kappa shape index (κ3) is 4.51. The van der Waals surface area contributed by atoms with E-state index in [1.165, 1.54) is 12.1 Å². The number of rotatable bonds is 5. The van der Waals surface area contributed by atoms with E-state index in [4.69, 9.17) is 10.5 Å². The van der Waals surface area contributed by atoms with Gasteiger partial charge in [0.15, 0.2) is 0 Å². The molecule has 21 heavy (non-hydrogen) atoms. The van der Waals surface area contributed by atoms with Gasteiger partial charge in [-0.25, -0.2) is 8.78 Å². The zero-order chi connectivity index (χ0) is 15.4. The van der Waals surface area contributed by atoms with Crippen LogP contribution in [0.15, 0.2) is 40.9 Å². The Morgan fingerprint density at radius 1 is 1.19 bits per heavy atom. The number of hydrogen-bond donors (Lipinski definition) is 1. The third-order valence-electron chi connectivity index (χ3n) is 2.90. The summed E-state index contributed by atoms with van der Waals surface area (Å²) in [4.78, 5) is 0. The number of halogens is 3. The Bertz CT molecular complexity index is 611. The van der Waals surface area contributed by atoms with Crippen LogP contribution in [0, 0.1) is 11.6 Å². The van der Waals surface area contributed by atoms with E-state index in [0.717, 1.165) is 16.1 Å². The van der Waals surface area contributed by atoms with Gasteiger partial charge in [0.05, 0.1) is 4.47 Å². The molecular weight excluding hydrogens is 340 g/mol. The first-order chi connectivity index (χ1) is 9.95. The normalized spacial score (nSPS) is 12.2. The number of para-hydroxylation sites is 1. The average Bonchev–Trinajstić information content (AvgIpc) is 2.36. The summed E-state index contributed by atoms with van der Waals surface area (Å²) in [5.74, 6) is -0.576. The minimum Gasteiger partial charge on any atom is -0.487 e. The molecule has 112 valence electrons. The van der Waals surface area contributed by atoms with Crippen molar-refractivity contribution >= 4 is 15.9 Å². The summed E-state index contributed by atoms with van der Waals surface area (Å²) in [6.07, 6.45) is 0.659. The molecule has 1 atom stereocenters. The lowest BCUT2D eigenvalue weighted by Gasteiger charge is -2.15. The minimum absolute atomic E-state index is 0.00624. The zero-order valence-corrected chi connectivity index (χ0v) is 13.2. The Kier molecular flexibility index (Phi) is 5.31.